The summed E-state index contributed by atoms with van der Waals surface area (Å²) in [6, 6.07) is -0.324. The van der Waals surface area contributed by atoms with Crippen LogP contribution >= 0.6 is 0 Å². The molecule has 0 unspecified atom stereocenters. The Hall–Kier alpha value is -1.83. The summed E-state index contributed by atoms with van der Waals surface area (Å²) in [5.74, 6) is 0.519. The Bertz CT molecular complexity index is 473. The third-order valence-corrected chi connectivity index (χ3v) is 5.06. The van der Waals surface area contributed by atoms with Gasteiger partial charge < -0.3 is 20.7 Å². The van der Waals surface area contributed by atoms with Crippen LogP contribution in [0.2, 0.25) is 0 Å². The monoisotopic (exact) mass is 353 g/mol. The lowest BCUT2D eigenvalue weighted by molar-refractivity contribution is -0.124. The van der Waals surface area contributed by atoms with Crippen LogP contribution < -0.4 is 16.0 Å². The van der Waals surface area contributed by atoms with Gasteiger partial charge in [-0.05, 0) is 31.6 Å². The van der Waals surface area contributed by atoms with E-state index in [9.17, 15) is 9.59 Å². The zero-order valence-corrected chi connectivity index (χ0v) is 15.4. The fourth-order valence-corrected chi connectivity index (χ4v) is 3.53. The molecule has 0 aromatic heterocycles. The van der Waals surface area contributed by atoms with Crippen LogP contribution in [0.4, 0.5) is 4.79 Å². The highest BCUT2D eigenvalue weighted by Gasteiger charge is 2.33. The van der Waals surface area contributed by atoms with E-state index in [0.29, 0.717) is 19.0 Å². The SMILES string of the molecule is CCOCCC1(CNC(=NC)NCCN2C(=O)CNC2=O)CCCC1. The zero-order chi connectivity index (χ0) is 18.1. The minimum absolute atomic E-state index is 0.0914. The van der Waals surface area contributed by atoms with Gasteiger partial charge in [0.1, 0.15) is 0 Å². The maximum Gasteiger partial charge on any atom is 0.324 e. The molecule has 1 saturated heterocycles. The standard InChI is InChI=1S/C17H31N5O3/c1-3-25-11-8-17(6-4-5-7-17)13-21-15(18-2)19-9-10-22-14(23)12-20-16(22)24/h3-13H2,1-2H3,(H,20,24)(H2,18,19,21). The molecule has 2 aliphatic rings. The molecule has 8 heteroatoms. The van der Waals surface area contributed by atoms with Gasteiger partial charge in [-0.2, -0.15) is 0 Å². The molecule has 2 rings (SSSR count). The lowest BCUT2D eigenvalue weighted by Gasteiger charge is -2.30. The van der Waals surface area contributed by atoms with E-state index < -0.39 is 0 Å². The molecular weight excluding hydrogens is 322 g/mol. The molecule has 0 aromatic rings. The number of carbonyl (C=O) groups is 2. The Morgan fingerprint density at radius 3 is 2.68 bits per heavy atom. The second kappa shape index (κ2) is 9.60. The number of nitrogens with one attached hydrogen (secondary N) is 3. The first-order valence-electron chi connectivity index (χ1n) is 9.21. The Balaban J connectivity index is 1.75. The van der Waals surface area contributed by atoms with Crippen LogP contribution in [0.5, 0.6) is 0 Å². The largest absolute Gasteiger partial charge is 0.382 e. The van der Waals surface area contributed by atoms with Gasteiger partial charge in [-0.3, -0.25) is 14.7 Å². The smallest absolute Gasteiger partial charge is 0.324 e. The average Bonchev–Trinajstić information content (AvgIpc) is 3.20. The number of urea groups is 1. The molecule has 3 amide bonds. The van der Waals surface area contributed by atoms with Crippen molar-refractivity contribution < 1.29 is 14.3 Å². The van der Waals surface area contributed by atoms with Gasteiger partial charge in [0.05, 0.1) is 6.54 Å². The van der Waals surface area contributed by atoms with E-state index >= 15 is 0 Å². The quantitative estimate of drug-likeness (QED) is 0.245. The first-order chi connectivity index (χ1) is 12.1. The first-order valence-corrected chi connectivity index (χ1v) is 9.21. The van der Waals surface area contributed by atoms with Crippen molar-refractivity contribution in [3.63, 3.8) is 0 Å². The van der Waals surface area contributed by atoms with Crippen LogP contribution in [0, 0.1) is 5.41 Å². The van der Waals surface area contributed by atoms with Gasteiger partial charge >= 0.3 is 6.03 Å². The minimum atomic E-state index is -0.324. The zero-order valence-electron chi connectivity index (χ0n) is 15.4. The number of hydrogen-bond donors (Lipinski definition) is 3. The molecular formula is C17H31N5O3. The maximum atomic E-state index is 11.6. The van der Waals surface area contributed by atoms with E-state index in [1.54, 1.807) is 7.05 Å². The molecule has 0 radical (unpaired) electrons. The number of imide groups is 1. The molecule has 8 nitrogen and oxygen atoms in total. The Labute approximate surface area is 149 Å². The molecule has 1 heterocycles. The van der Waals surface area contributed by atoms with E-state index in [-0.39, 0.29) is 23.9 Å². The van der Waals surface area contributed by atoms with Crippen molar-refractivity contribution in [3.8, 4) is 0 Å². The molecule has 0 spiro atoms. The normalized spacial score (nSPS) is 20.1. The van der Waals surface area contributed by atoms with Crippen LogP contribution in [0.25, 0.3) is 0 Å². The van der Waals surface area contributed by atoms with Crippen LogP contribution in [0.1, 0.15) is 39.0 Å². The van der Waals surface area contributed by atoms with Crippen molar-refractivity contribution >= 4 is 17.9 Å². The lowest BCUT2D eigenvalue weighted by atomic mass is 9.83. The molecule has 3 N–H and O–H groups in total. The second-order valence-corrected chi connectivity index (χ2v) is 6.71. The molecule has 1 saturated carbocycles. The van der Waals surface area contributed by atoms with Crippen LogP contribution in [-0.2, 0) is 9.53 Å². The number of nitrogens with zero attached hydrogens (tertiary/aromatic N) is 2. The highest BCUT2D eigenvalue weighted by molar-refractivity contribution is 6.01. The van der Waals surface area contributed by atoms with Crippen molar-refractivity contribution in [2.75, 3.05) is 46.4 Å². The summed E-state index contributed by atoms with van der Waals surface area (Å²) in [6.45, 7) is 5.35. The lowest BCUT2D eigenvalue weighted by Crippen LogP contribution is -2.46. The van der Waals surface area contributed by atoms with Crippen LogP contribution in [0.15, 0.2) is 4.99 Å². The predicted molar refractivity (Wildman–Crippen MR) is 96.5 cm³/mol. The third-order valence-electron chi connectivity index (χ3n) is 5.06. The average molecular weight is 353 g/mol. The topological polar surface area (TPSA) is 95.1 Å². The van der Waals surface area contributed by atoms with Crippen molar-refractivity contribution in [3.05, 3.63) is 0 Å². The number of ether oxygens (including phenoxy) is 1. The summed E-state index contributed by atoms with van der Waals surface area (Å²) in [6.07, 6.45) is 6.03. The molecule has 2 fully saturated rings. The van der Waals surface area contributed by atoms with E-state index in [4.69, 9.17) is 4.74 Å². The number of aliphatic imine (C=N–C) groups is 1. The molecule has 0 aromatic carbocycles. The highest BCUT2D eigenvalue weighted by Crippen LogP contribution is 2.40. The number of rotatable bonds is 9. The summed E-state index contributed by atoms with van der Waals surface area (Å²) >= 11 is 0. The Morgan fingerprint density at radius 2 is 2.08 bits per heavy atom. The van der Waals surface area contributed by atoms with Crippen molar-refractivity contribution in [1.29, 1.82) is 0 Å². The summed E-state index contributed by atoms with van der Waals surface area (Å²) in [5, 5.41) is 9.10. The van der Waals surface area contributed by atoms with Crippen molar-refractivity contribution in [1.82, 2.24) is 20.9 Å². The summed E-state index contributed by atoms with van der Waals surface area (Å²) in [5.41, 5.74) is 0.275. The molecule has 1 aliphatic carbocycles. The number of hydrogen-bond acceptors (Lipinski definition) is 4. The Kier molecular flexibility index (Phi) is 7.49. The Morgan fingerprint density at radius 1 is 1.32 bits per heavy atom. The van der Waals surface area contributed by atoms with E-state index in [2.05, 4.69) is 20.9 Å². The highest BCUT2D eigenvalue weighted by atomic mass is 16.5. The number of amides is 3. The molecule has 1 aliphatic heterocycles. The second-order valence-electron chi connectivity index (χ2n) is 6.71. The van der Waals surface area contributed by atoms with Crippen molar-refractivity contribution in [2.24, 2.45) is 10.4 Å². The maximum absolute atomic E-state index is 11.6. The molecule has 0 bridgehead atoms. The van der Waals surface area contributed by atoms with Gasteiger partial charge in [0, 0.05) is 39.9 Å². The fourth-order valence-electron chi connectivity index (χ4n) is 3.53. The van der Waals surface area contributed by atoms with E-state index in [1.165, 1.54) is 30.6 Å². The van der Waals surface area contributed by atoms with Crippen LogP contribution in [0.3, 0.4) is 0 Å². The fraction of sp³-hybridized carbons (Fsp3) is 0.824. The molecule has 142 valence electrons. The molecule has 0 atom stereocenters. The summed E-state index contributed by atoms with van der Waals surface area (Å²) in [7, 11) is 1.73. The van der Waals surface area contributed by atoms with E-state index in [0.717, 1.165) is 26.2 Å². The first kappa shape index (κ1) is 19.5. The van der Waals surface area contributed by atoms with Gasteiger partial charge in [0.15, 0.2) is 5.96 Å². The van der Waals surface area contributed by atoms with Gasteiger partial charge in [0.25, 0.3) is 0 Å². The summed E-state index contributed by atoms with van der Waals surface area (Å²) < 4.78 is 5.55. The van der Waals surface area contributed by atoms with Gasteiger partial charge in [-0.15, -0.1) is 0 Å². The predicted octanol–water partition coefficient (Wildman–Crippen LogP) is 0.690. The molecule has 25 heavy (non-hydrogen) atoms. The number of carbonyl (C=O) groups excluding carboxylic acids is 2. The van der Waals surface area contributed by atoms with Gasteiger partial charge in [-0.1, -0.05) is 12.8 Å². The van der Waals surface area contributed by atoms with Crippen LogP contribution in [-0.4, -0.2) is 69.2 Å². The van der Waals surface area contributed by atoms with E-state index in [1.807, 2.05) is 6.92 Å². The summed E-state index contributed by atoms with van der Waals surface area (Å²) in [4.78, 5) is 28.5. The van der Waals surface area contributed by atoms with Gasteiger partial charge in [-0.25, -0.2) is 4.79 Å². The third kappa shape index (κ3) is 5.59. The van der Waals surface area contributed by atoms with Gasteiger partial charge in [0.2, 0.25) is 5.91 Å². The van der Waals surface area contributed by atoms with Crippen molar-refractivity contribution in [2.45, 2.75) is 39.0 Å². The number of guanidine groups is 1. The minimum Gasteiger partial charge on any atom is -0.382 e.